The molecule has 0 saturated carbocycles. The van der Waals surface area contributed by atoms with Crippen LogP contribution in [0, 0.1) is 0 Å². The largest absolute Gasteiger partial charge is 0.493 e. The number of hydrogen-bond acceptors (Lipinski definition) is 7. The van der Waals surface area contributed by atoms with E-state index in [2.05, 4.69) is 5.43 Å². The number of hydrazine groups is 2. The second-order valence-electron chi connectivity index (χ2n) is 5.44. The van der Waals surface area contributed by atoms with Crippen molar-refractivity contribution in [1.29, 1.82) is 0 Å². The number of Topliss-reactive ketones (excluding diaryl/α,β-unsaturated/α-hetero) is 1. The van der Waals surface area contributed by atoms with Gasteiger partial charge in [-0.2, -0.15) is 0 Å². The highest BCUT2D eigenvalue weighted by molar-refractivity contribution is 5.80. The van der Waals surface area contributed by atoms with Gasteiger partial charge in [-0.1, -0.05) is 13.8 Å². The number of nitrogens with two attached hydrogens (primary N) is 2. The van der Waals surface area contributed by atoms with E-state index in [9.17, 15) is 19.5 Å². The van der Waals surface area contributed by atoms with Crippen LogP contribution in [-0.2, 0) is 22.7 Å². The smallest absolute Gasteiger partial charge is 0.331 e. The summed E-state index contributed by atoms with van der Waals surface area (Å²) in [7, 11) is 0. The Labute approximate surface area is 133 Å². The van der Waals surface area contributed by atoms with Crippen molar-refractivity contribution in [2.75, 3.05) is 6.54 Å². The molecule has 10 nitrogen and oxygen atoms in total. The number of rotatable bonds is 9. The van der Waals surface area contributed by atoms with Gasteiger partial charge in [-0.05, 0) is 5.92 Å². The molecule has 0 unspecified atom stereocenters. The van der Waals surface area contributed by atoms with Gasteiger partial charge in [0.25, 0.3) is 0 Å². The van der Waals surface area contributed by atoms with Crippen molar-refractivity contribution in [3.8, 4) is 5.88 Å². The number of carbonyl (C=O) groups is 2. The number of amides is 1. The summed E-state index contributed by atoms with van der Waals surface area (Å²) in [5.41, 5.74) is 4.19. The summed E-state index contributed by atoms with van der Waals surface area (Å²) in [5.74, 6) is 9.16. The lowest BCUT2D eigenvalue weighted by atomic mass is 10.1. The average Bonchev–Trinajstić information content (AvgIpc) is 2.73. The lowest BCUT2D eigenvalue weighted by Crippen LogP contribution is -2.33. The van der Waals surface area contributed by atoms with Gasteiger partial charge >= 0.3 is 5.69 Å². The maximum absolute atomic E-state index is 12.4. The van der Waals surface area contributed by atoms with E-state index in [1.807, 2.05) is 19.3 Å². The molecule has 0 aliphatic carbocycles. The zero-order valence-corrected chi connectivity index (χ0v) is 13.3. The van der Waals surface area contributed by atoms with Gasteiger partial charge in [-0.15, -0.1) is 0 Å². The third-order valence-electron chi connectivity index (χ3n) is 3.42. The Morgan fingerprint density at radius 2 is 1.78 bits per heavy atom. The van der Waals surface area contributed by atoms with Gasteiger partial charge in [0.05, 0.1) is 12.2 Å². The lowest BCUT2D eigenvalue weighted by molar-refractivity contribution is -0.121. The van der Waals surface area contributed by atoms with Crippen LogP contribution >= 0.6 is 0 Å². The molecule has 1 aromatic heterocycles. The Kier molecular flexibility index (Phi) is 6.94. The molecule has 0 radical (unpaired) electrons. The lowest BCUT2D eigenvalue weighted by Gasteiger charge is -2.09. The van der Waals surface area contributed by atoms with Gasteiger partial charge in [0, 0.05) is 25.9 Å². The SMILES string of the molecule is CC(C)c1c(O)n(CCC(=O)NN)c(=O)n1CCC(=O)CNN. The van der Waals surface area contributed by atoms with Crippen molar-refractivity contribution < 1.29 is 14.7 Å². The molecule has 0 saturated heterocycles. The van der Waals surface area contributed by atoms with Crippen LogP contribution < -0.4 is 28.2 Å². The van der Waals surface area contributed by atoms with E-state index in [-0.39, 0.29) is 50.1 Å². The zero-order chi connectivity index (χ0) is 17.6. The number of hydrogen-bond donors (Lipinski definition) is 5. The van der Waals surface area contributed by atoms with E-state index in [0.717, 1.165) is 4.57 Å². The number of carbonyl (C=O) groups excluding carboxylic acids is 2. The van der Waals surface area contributed by atoms with Gasteiger partial charge < -0.3 is 5.11 Å². The van der Waals surface area contributed by atoms with Gasteiger partial charge in [0.15, 0.2) is 0 Å². The summed E-state index contributed by atoms with van der Waals surface area (Å²) in [4.78, 5) is 35.2. The molecule has 7 N–H and O–H groups in total. The molecule has 0 aliphatic heterocycles. The molecule has 1 heterocycles. The van der Waals surface area contributed by atoms with Crippen LogP contribution in [0.25, 0.3) is 0 Å². The quantitative estimate of drug-likeness (QED) is 0.205. The van der Waals surface area contributed by atoms with E-state index in [1.54, 1.807) is 0 Å². The maximum atomic E-state index is 12.4. The molecule has 0 fully saturated rings. The number of aromatic nitrogens is 2. The standard InChI is InChI=1S/C13H24N6O4/c1-8(2)11-12(22)19(6-4-10(21)17-15)13(23)18(11)5-3-9(20)7-16-14/h8,16,22H,3-7,14-15H2,1-2H3,(H,17,21). The van der Waals surface area contributed by atoms with Gasteiger partial charge in [-0.25, -0.2) is 10.6 Å². The van der Waals surface area contributed by atoms with E-state index in [0.29, 0.717) is 5.69 Å². The minimum Gasteiger partial charge on any atom is -0.493 e. The normalized spacial score (nSPS) is 11.0. The number of aromatic hydroxyl groups is 1. The Balaban J connectivity index is 3.06. The Bertz CT molecular complexity index is 619. The summed E-state index contributed by atoms with van der Waals surface area (Å²) in [6.45, 7) is 3.79. The summed E-state index contributed by atoms with van der Waals surface area (Å²) in [6, 6.07) is 0. The molecule has 10 heteroatoms. The number of nitrogens with one attached hydrogen (secondary N) is 2. The van der Waals surface area contributed by atoms with Crippen LogP contribution in [-0.4, -0.2) is 32.5 Å². The molecular formula is C13H24N6O4. The van der Waals surface area contributed by atoms with Crippen molar-refractivity contribution in [2.24, 2.45) is 11.7 Å². The van der Waals surface area contributed by atoms with Crippen LogP contribution in [0.1, 0.15) is 38.3 Å². The molecule has 0 aliphatic rings. The molecule has 0 bridgehead atoms. The number of imidazole rings is 1. The average molecular weight is 328 g/mol. The fraction of sp³-hybridized carbons (Fsp3) is 0.615. The molecule has 1 amide bonds. The first-order valence-corrected chi connectivity index (χ1v) is 7.30. The van der Waals surface area contributed by atoms with Crippen molar-refractivity contribution in [1.82, 2.24) is 20.0 Å². The van der Waals surface area contributed by atoms with E-state index < -0.39 is 11.6 Å². The first kappa shape index (κ1) is 18.9. The van der Waals surface area contributed by atoms with Crippen molar-refractivity contribution in [3.63, 3.8) is 0 Å². The third kappa shape index (κ3) is 4.65. The van der Waals surface area contributed by atoms with Gasteiger partial charge in [-0.3, -0.25) is 35.4 Å². The summed E-state index contributed by atoms with van der Waals surface area (Å²) < 4.78 is 2.46. The molecule has 0 atom stereocenters. The fourth-order valence-electron chi connectivity index (χ4n) is 2.31. The van der Waals surface area contributed by atoms with Crippen molar-refractivity contribution in [3.05, 3.63) is 16.2 Å². The number of ketones is 1. The zero-order valence-electron chi connectivity index (χ0n) is 13.3. The molecule has 0 spiro atoms. The number of nitrogens with zero attached hydrogens (tertiary/aromatic N) is 2. The maximum Gasteiger partial charge on any atom is 0.331 e. The van der Waals surface area contributed by atoms with E-state index >= 15 is 0 Å². The predicted octanol–water partition coefficient (Wildman–Crippen LogP) is -1.72. The van der Waals surface area contributed by atoms with E-state index in [4.69, 9.17) is 11.7 Å². The monoisotopic (exact) mass is 328 g/mol. The summed E-state index contributed by atoms with van der Waals surface area (Å²) >= 11 is 0. The molecular weight excluding hydrogens is 304 g/mol. The third-order valence-corrected chi connectivity index (χ3v) is 3.42. The molecule has 23 heavy (non-hydrogen) atoms. The molecule has 1 rings (SSSR count). The second-order valence-corrected chi connectivity index (χ2v) is 5.44. The highest BCUT2D eigenvalue weighted by Gasteiger charge is 2.22. The van der Waals surface area contributed by atoms with Gasteiger partial charge in [0.1, 0.15) is 5.78 Å². The fourth-order valence-corrected chi connectivity index (χ4v) is 2.31. The topological polar surface area (TPSA) is 157 Å². The minimum atomic E-state index is -0.468. The van der Waals surface area contributed by atoms with Crippen molar-refractivity contribution in [2.45, 2.75) is 45.7 Å². The molecule has 1 aromatic rings. The molecule has 0 aromatic carbocycles. The van der Waals surface area contributed by atoms with Crippen LogP contribution in [0.5, 0.6) is 5.88 Å². The minimum absolute atomic E-state index is 0.00127. The van der Waals surface area contributed by atoms with Crippen LogP contribution in [0.4, 0.5) is 0 Å². The highest BCUT2D eigenvalue weighted by atomic mass is 16.3. The van der Waals surface area contributed by atoms with E-state index in [1.165, 1.54) is 4.57 Å². The van der Waals surface area contributed by atoms with Gasteiger partial charge in [0.2, 0.25) is 11.8 Å². The van der Waals surface area contributed by atoms with Crippen molar-refractivity contribution >= 4 is 11.7 Å². The highest BCUT2D eigenvalue weighted by Crippen LogP contribution is 2.25. The Hall–Kier alpha value is -2.17. The van der Waals surface area contributed by atoms with Crippen LogP contribution in [0.2, 0.25) is 0 Å². The molecule has 130 valence electrons. The first-order chi connectivity index (χ1) is 10.8. The Morgan fingerprint density at radius 3 is 2.30 bits per heavy atom. The van der Waals surface area contributed by atoms with Crippen LogP contribution in [0.15, 0.2) is 4.79 Å². The first-order valence-electron chi connectivity index (χ1n) is 7.30. The predicted molar refractivity (Wildman–Crippen MR) is 83.2 cm³/mol. The summed E-state index contributed by atoms with van der Waals surface area (Å²) in [5, 5.41) is 10.3. The second kappa shape index (κ2) is 8.46. The Morgan fingerprint density at radius 1 is 1.17 bits per heavy atom. The van der Waals surface area contributed by atoms with Crippen LogP contribution in [0.3, 0.4) is 0 Å². The summed E-state index contributed by atoms with van der Waals surface area (Å²) in [6.07, 6.45) is 0.0676.